The van der Waals surface area contributed by atoms with Crippen LogP contribution in [0.25, 0.3) is 0 Å². The first-order valence-corrected chi connectivity index (χ1v) is 6.49. The quantitative estimate of drug-likeness (QED) is 0.834. The van der Waals surface area contributed by atoms with Crippen LogP contribution in [0.3, 0.4) is 0 Å². The molecule has 90 valence electrons. The molecule has 0 bridgehead atoms. The summed E-state index contributed by atoms with van der Waals surface area (Å²) in [6.07, 6.45) is 3.76. The number of thioether (sulfide) groups is 1. The van der Waals surface area contributed by atoms with Crippen molar-refractivity contribution in [2.24, 2.45) is 0 Å². The molecule has 0 unspecified atom stereocenters. The summed E-state index contributed by atoms with van der Waals surface area (Å²) in [6, 6.07) is 4.24. The highest BCUT2D eigenvalue weighted by atomic mass is 32.2. The molecule has 2 nitrogen and oxygen atoms in total. The smallest absolute Gasteiger partial charge is 0.284 e. The molecule has 1 saturated carbocycles. The van der Waals surface area contributed by atoms with Crippen molar-refractivity contribution in [1.29, 1.82) is 0 Å². The van der Waals surface area contributed by atoms with Crippen molar-refractivity contribution < 1.29 is 13.2 Å². The van der Waals surface area contributed by atoms with Crippen molar-refractivity contribution in [2.75, 3.05) is 0 Å². The molecule has 0 atom stereocenters. The second-order valence-electron chi connectivity index (χ2n) is 3.95. The zero-order chi connectivity index (χ0) is 11.4. The lowest BCUT2D eigenvalue weighted by Crippen LogP contribution is -2.34. The van der Waals surface area contributed by atoms with Crippen molar-refractivity contribution in [3.8, 4) is 0 Å². The molecule has 1 aliphatic carbocycles. The SMILES string of the molecule is FC(F)SCc1ccc(CNC2CCC2)o1. The normalized spacial score (nSPS) is 16.7. The summed E-state index contributed by atoms with van der Waals surface area (Å²) in [6.45, 7) is 0.698. The van der Waals surface area contributed by atoms with Crippen LogP contribution in [0, 0.1) is 0 Å². The molecule has 0 amide bonds. The number of alkyl halides is 2. The van der Waals surface area contributed by atoms with Crippen LogP contribution in [-0.4, -0.2) is 11.8 Å². The van der Waals surface area contributed by atoms with Crippen molar-refractivity contribution >= 4 is 11.8 Å². The number of nitrogens with one attached hydrogen (secondary N) is 1. The molecule has 0 radical (unpaired) electrons. The van der Waals surface area contributed by atoms with E-state index in [9.17, 15) is 8.78 Å². The second-order valence-corrected chi connectivity index (χ2v) is 4.93. The highest BCUT2D eigenvalue weighted by molar-refractivity contribution is 7.98. The number of rotatable bonds is 6. The lowest BCUT2D eigenvalue weighted by molar-refractivity contribution is 0.251. The van der Waals surface area contributed by atoms with Gasteiger partial charge in [-0.3, -0.25) is 0 Å². The zero-order valence-corrected chi connectivity index (χ0v) is 9.73. The number of hydrogen-bond acceptors (Lipinski definition) is 3. The molecule has 0 saturated heterocycles. The van der Waals surface area contributed by atoms with Gasteiger partial charge < -0.3 is 9.73 Å². The van der Waals surface area contributed by atoms with E-state index < -0.39 is 5.76 Å². The monoisotopic (exact) mass is 247 g/mol. The Kier molecular flexibility index (Phi) is 4.23. The maximum Gasteiger partial charge on any atom is 0.284 e. The summed E-state index contributed by atoms with van der Waals surface area (Å²) in [7, 11) is 0. The molecular formula is C11H15F2NOS. The van der Waals surface area contributed by atoms with E-state index in [4.69, 9.17) is 4.42 Å². The average molecular weight is 247 g/mol. The van der Waals surface area contributed by atoms with Gasteiger partial charge in [-0.25, -0.2) is 0 Å². The molecule has 5 heteroatoms. The van der Waals surface area contributed by atoms with Crippen molar-refractivity contribution in [3.05, 3.63) is 23.7 Å². The van der Waals surface area contributed by atoms with Gasteiger partial charge in [-0.15, -0.1) is 0 Å². The highest BCUT2D eigenvalue weighted by Gasteiger charge is 2.16. The van der Waals surface area contributed by atoms with E-state index in [0.717, 1.165) is 5.76 Å². The maximum atomic E-state index is 11.9. The predicted octanol–water partition coefficient (Wildman–Crippen LogP) is 3.38. The van der Waals surface area contributed by atoms with Crippen LogP contribution < -0.4 is 5.32 Å². The Hall–Kier alpha value is -0.550. The van der Waals surface area contributed by atoms with Gasteiger partial charge in [0.2, 0.25) is 0 Å². The number of halogens is 2. The fourth-order valence-electron chi connectivity index (χ4n) is 1.60. The average Bonchev–Trinajstić information content (AvgIpc) is 2.60. The third kappa shape index (κ3) is 3.49. The third-order valence-electron chi connectivity index (χ3n) is 2.74. The Bertz CT molecular complexity index is 326. The molecular weight excluding hydrogens is 232 g/mol. The molecule has 16 heavy (non-hydrogen) atoms. The Morgan fingerprint density at radius 1 is 1.38 bits per heavy atom. The Balaban J connectivity index is 1.73. The van der Waals surface area contributed by atoms with Gasteiger partial charge in [-0.05, 0) is 25.0 Å². The summed E-state index contributed by atoms with van der Waals surface area (Å²) >= 11 is 0.590. The largest absolute Gasteiger partial charge is 0.464 e. The molecule has 1 N–H and O–H groups in total. The number of furan rings is 1. The van der Waals surface area contributed by atoms with Gasteiger partial charge in [0, 0.05) is 6.04 Å². The molecule has 1 aliphatic rings. The van der Waals surface area contributed by atoms with Crippen molar-refractivity contribution in [2.45, 2.75) is 43.4 Å². The Labute approximate surface area is 97.8 Å². The topological polar surface area (TPSA) is 25.2 Å². The van der Waals surface area contributed by atoms with E-state index in [-0.39, 0.29) is 5.75 Å². The fourth-order valence-corrected chi connectivity index (χ4v) is 2.04. The Morgan fingerprint density at radius 2 is 2.12 bits per heavy atom. The molecule has 1 aromatic heterocycles. The van der Waals surface area contributed by atoms with Gasteiger partial charge >= 0.3 is 0 Å². The van der Waals surface area contributed by atoms with Crippen molar-refractivity contribution in [1.82, 2.24) is 5.32 Å². The van der Waals surface area contributed by atoms with Gasteiger partial charge in [0.05, 0.1) is 12.3 Å². The van der Waals surface area contributed by atoms with Crippen LogP contribution >= 0.6 is 11.8 Å². The van der Waals surface area contributed by atoms with E-state index >= 15 is 0 Å². The standard InChI is InChI=1S/C11H15F2NOS/c12-11(13)16-7-10-5-4-9(15-10)6-14-8-2-1-3-8/h4-5,8,11,14H,1-3,6-7H2. The van der Waals surface area contributed by atoms with E-state index in [2.05, 4.69) is 5.32 Å². The summed E-state index contributed by atoms with van der Waals surface area (Å²) in [5.41, 5.74) is 0. The summed E-state index contributed by atoms with van der Waals surface area (Å²) in [5, 5.41) is 3.36. The summed E-state index contributed by atoms with van der Waals surface area (Å²) < 4.78 is 29.3. The van der Waals surface area contributed by atoms with E-state index in [1.165, 1.54) is 19.3 Å². The van der Waals surface area contributed by atoms with E-state index in [1.807, 2.05) is 6.07 Å². The minimum Gasteiger partial charge on any atom is -0.464 e. The van der Waals surface area contributed by atoms with Crippen LogP contribution in [0.15, 0.2) is 16.5 Å². The lowest BCUT2D eigenvalue weighted by Gasteiger charge is -2.25. The van der Waals surface area contributed by atoms with Crippen LogP contribution in [0.1, 0.15) is 30.8 Å². The molecule has 1 fully saturated rings. The van der Waals surface area contributed by atoms with Gasteiger partial charge in [0.15, 0.2) is 0 Å². The minimum atomic E-state index is -2.33. The van der Waals surface area contributed by atoms with Crippen LogP contribution in [-0.2, 0) is 12.3 Å². The highest BCUT2D eigenvalue weighted by Crippen LogP contribution is 2.22. The molecule has 1 aromatic rings. The van der Waals surface area contributed by atoms with Crippen LogP contribution in [0.4, 0.5) is 8.78 Å². The van der Waals surface area contributed by atoms with Gasteiger partial charge in [-0.2, -0.15) is 8.78 Å². The first kappa shape index (κ1) is 11.9. The fraction of sp³-hybridized carbons (Fsp3) is 0.636. The first-order chi connectivity index (χ1) is 7.74. The maximum absolute atomic E-state index is 11.9. The zero-order valence-electron chi connectivity index (χ0n) is 8.92. The first-order valence-electron chi connectivity index (χ1n) is 5.45. The van der Waals surface area contributed by atoms with Crippen molar-refractivity contribution in [3.63, 3.8) is 0 Å². The molecule has 0 aliphatic heterocycles. The molecule has 1 heterocycles. The molecule has 2 rings (SSSR count). The van der Waals surface area contributed by atoms with Gasteiger partial charge in [0.25, 0.3) is 5.76 Å². The Morgan fingerprint density at radius 3 is 2.75 bits per heavy atom. The summed E-state index contributed by atoms with van der Waals surface area (Å²) in [5.74, 6) is -0.643. The van der Waals surface area contributed by atoms with Gasteiger partial charge in [0.1, 0.15) is 11.5 Å². The molecule has 0 aromatic carbocycles. The predicted molar refractivity (Wildman–Crippen MR) is 60.5 cm³/mol. The number of hydrogen-bond donors (Lipinski definition) is 1. The lowest BCUT2D eigenvalue weighted by atomic mass is 9.93. The van der Waals surface area contributed by atoms with E-state index in [1.54, 1.807) is 6.07 Å². The second kappa shape index (κ2) is 5.68. The van der Waals surface area contributed by atoms with Gasteiger partial charge in [-0.1, -0.05) is 18.2 Å². The minimum absolute atomic E-state index is 0.237. The summed E-state index contributed by atoms with van der Waals surface area (Å²) in [4.78, 5) is 0. The van der Waals surface area contributed by atoms with E-state index in [0.29, 0.717) is 30.1 Å². The van der Waals surface area contributed by atoms with Crippen LogP contribution in [0.5, 0.6) is 0 Å². The molecule has 0 spiro atoms. The van der Waals surface area contributed by atoms with Crippen LogP contribution in [0.2, 0.25) is 0 Å². The third-order valence-corrected chi connectivity index (χ3v) is 3.44.